The van der Waals surface area contributed by atoms with Crippen molar-refractivity contribution < 1.29 is 8.42 Å². The van der Waals surface area contributed by atoms with Crippen molar-refractivity contribution in [1.82, 2.24) is 14.1 Å². The lowest BCUT2D eigenvalue weighted by molar-refractivity contribution is 0.403. The summed E-state index contributed by atoms with van der Waals surface area (Å²) in [7, 11) is -1.80. The van der Waals surface area contributed by atoms with Gasteiger partial charge in [-0.25, -0.2) is 8.42 Å². The lowest BCUT2D eigenvalue weighted by Crippen LogP contribution is -2.33. The van der Waals surface area contributed by atoms with Gasteiger partial charge in [-0.15, -0.1) is 0 Å². The Labute approximate surface area is 161 Å². The van der Waals surface area contributed by atoms with Gasteiger partial charge in [0.1, 0.15) is 0 Å². The summed E-state index contributed by atoms with van der Waals surface area (Å²) in [6.45, 7) is 4.40. The molecular weight excluding hydrogens is 358 g/mol. The van der Waals surface area contributed by atoms with E-state index in [1.165, 1.54) is 4.31 Å². The molecule has 0 N–H and O–H groups in total. The molecule has 1 heterocycles. The molecular formula is C21H25N3O2S. The van der Waals surface area contributed by atoms with Crippen LogP contribution in [0.2, 0.25) is 0 Å². The first-order valence-electron chi connectivity index (χ1n) is 8.96. The topological polar surface area (TPSA) is 55.2 Å². The van der Waals surface area contributed by atoms with Crippen LogP contribution in [0.25, 0.3) is 0 Å². The zero-order chi connectivity index (χ0) is 19.4. The van der Waals surface area contributed by atoms with Crippen molar-refractivity contribution in [3.8, 4) is 0 Å². The van der Waals surface area contributed by atoms with Gasteiger partial charge >= 0.3 is 0 Å². The maximum absolute atomic E-state index is 13.4. The Morgan fingerprint density at radius 2 is 1.78 bits per heavy atom. The molecule has 0 unspecified atom stereocenters. The van der Waals surface area contributed by atoms with Gasteiger partial charge in [0.05, 0.1) is 17.1 Å². The summed E-state index contributed by atoms with van der Waals surface area (Å²) in [5.41, 5.74) is 3.53. The zero-order valence-corrected chi connectivity index (χ0v) is 16.8. The second-order valence-corrected chi connectivity index (χ2v) is 8.73. The van der Waals surface area contributed by atoms with Crippen LogP contribution in [0.1, 0.15) is 22.4 Å². The summed E-state index contributed by atoms with van der Waals surface area (Å²) in [4.78, 5) is 0.367. The highest BCUT2D eigenvalue weighted by atomic mass is 32.2. The van der Waals surface area contributed by atoms with Crippen LogP contribution in [0.4, 0.5) is 0 Å². The van der Waals surface area contributed by atoms with E-state index >= 15 is 0 Å². The highest BCUT2D eigenvalue weighted by Crippen LogP contribution is 2.23. The number of aryl methyl sites for hydroxylation is 3. The Bertz CT molecular complexity index is 1010. The summed E-state index contributed by atoms with van der Waals surface area (Å²) < 4.78 is 30.1. The minimum Gasteiger partial charge on any atom is -0.276 e. The molecule has 0 spiro atoms. The van der Waals surface area contributed by atoms with E-state index in [1.807, 2.05) is 75.6 Å². The molecule has 27 heavy (non-hydrogen) atoms. The second-order valence-electron chi connectivity index (χ2n) is 6.82. The average Bonchev–Trinajstić information content (AvgIpc) is 3.06. The molecule has 0 radical (unpaired) electrons. The van der Waals surface area contributed by atoms with Crippen molar-refractivity contribution in [3.63, 3.8) is 0 Å². The number of rotatable bonds is 7. The van der Waals surface area contributed by atoms with Crippen LogP contribution in [-0.2, 0) is 30.0 Å². The average molecular weight is 384 g/mol. The summed E-state index contributed by atoms with van der Waals surface area (Å²) in [6.07, 6.45) is 2.48. The van der Waals surface area contributed by atoms with E-state index in [0.29, 0.717) is 17.9 Å². The second kappa shape index (κ2) is 8.06. The van der Waals surface area contributed by atoms with Gasteiger partial charge in [-0.3, -0.25) is 4.68 Å². The van der Waals surface area contributed by atoms with E-state index in [4.69, 9.17) is 0 Å². The molecule has 3 rings (SSSR count). The summed E-state index contributed by atoms with van der Waals surface area (Å²) in [5, 5.41) is 4.36. The fraction of sp³-hybridized carbons (Fsp3) is 0.286. The molecule has 1 aromatic heterocycles. The van der Waals surface area contributed by atoms with E-state index in [9.17, 15) is 8.42 Å². The minimum absolute atomic E-state index is 0.253. The lowest BCUT2D eigenvalue weighted by atomic mass is 10.1. The molecule has 0 aliphatic carbocycles. The monoisotopic (exact) mass is 383 g/mol. The predicted molar refractivity (Wildman–Crippen MR) is 107 cm³/mol. The van der Waals surface area contributed by atoms with Gasteiger partial charge in [0.15, 0.2) is 0 Å². The molecule has 0 aliphatic heterocycles. The van der Waals surface area contributed by atoms with Crippen molar-refractivity contribution in [2.24, 2.45) is 7.05 Å². The number of sulfonamides is 1. The standard InChI is InChI=1S/C21H25N3O2S/c1-17-9-10-18(2)21(15-17)27(25,26)24(16-20-12-13-23(3)22-20)14-11-19-7-5-4-6-8-19/h4-10,12-13,15H,11,14,16H2,1-3H3. The van der Waals surface area contributed by atoms with Gasteiger partial charge in [0, 0.05) is 19.8 Å². The first kappa shape index (κ1) is 19.3. The van der Waals surface area contributed by atoms with Crippen LogP contribution in [0.3, 0.4) is 0 Å². The molecule has 0 bridgehead atoms. The largest absolute Gasteiger partial charge is 0.276 e. The third-order valence-electron chi connectivity index (χ3n) is 4.56. The van der Waals surface area contributed by atoms with Crippen LogP contribution in [0.15, 0.2) is 65.7 Å². The minimum atomic E-state index is -3.63. The summed E-state index contributed by atoms with van der Waals surface area (Å²) in [6, 6.07) is 17.3. The first-order valence-corrected chi connectivity index (χ1v) is 10.4. The van der Waals surface area contributed by atoms with Crippen molar-refractivity contribution in [1.29, 1.82) is 0 Å². The number of hydrogen-bond acceptors (Lipinski definition) is 3. The molecule has 0 aliphatic rings. The highest BCUT2D eigenvalue weighted by molar-refractivity contribution is 7.89. The van der Waals surface area contributed by atoms with Gasteiger partial charge in [0.25, 0.3) is 0 Å². The van der Waals surface area contributed by atoms with Crippen LogP contribution in [-0.4, -0.2) is 29.0 Å². The predicted octanol–water partition coefficient (Wildman–Crippen LogP) is 3.47. The molecule has 0 fully saturated rings. The highest BCUT2D eigenvalue weighted by Gasteiger charge is 2.27. The Balaban J connectivity index is 1.93. The Morgan fingerprint density at radius 3 is 2.44 bits per heavy atom. The Hall–Kier alpha value is -2.44. The van der Waals surface area contributed by atoms with Crippen LogP contribution < -0.4 is 0 Å². The van der Waals surface area contributed by atoms with E-state index in [2.05, 4.69) is 5.10 Å². The zero-order valence-electron chi connectivity index (χ0n) is 16.0. The molecule has 3 aromatic rings. The van der Waals surface area contributed by atoms with Crippen LogP contribution in [0.5, 0.6) is 0 Å². The number of aromatic nitrogens is 2. The van der Waals surface area contributed by atoms with E-state index in [-0.39, 0.29) is 6.54 Å². The van der Waals surface area contributed by atoms with Crippen LogP contribution >= 0.6 is 0 Å². The third-order valence-corrected chi connectivity index (χ3v) is 6.55. The lowest BCUT2D eigenvalue weighted by Gasteiger charge is -2.23. The fourth-order valence-electron chi connectivity index (χ4n) is 3.04. The van der Waals surface area contributed by atoms with Gasteiger partial charge < -0.3 is 0 Å². The normalized spacial score (nSPS) is 11.9. The first-order chi connectivity index (χ1) is 12.9. The summed E-state index contributed by atoms with van der Waals surface area (Å²) in [5.74, 6) is 0. The van der Waals surface area contributed by atoms with Crippen molar-refractivity contribution in [3.05, 3.63) is 83.2 Å². The molecule has 0 amide bonds. The number of hydrogen-bond donors (Lipinski definition) is 0. The van der Waals surface area contributed by atoms with Crippen molar-refractivity contribution in [2.45, 2.75) is 31.7 Å². The Morgan fingerprint density at radius 1 is 1.04 bits per heavy atom. The van der Waals surface area contributed by atoms with Gasteiger partial charge in [-0.05, 0) is 49.1 Å². The number of benzene rings is 2. The molecule has 0 saturated heterocycles. The summed E-state index contributed by atoms with van der Waals surface area (Å²) >= 11 is 0. The van der Waals surface area contributed by atoms with E-state index in [1.54, 1.807) is 10.7 Å². The molecule has 5 nitrogen and oxygen atoms in total. The quantitative estimate of drug-likeness (QED) is 0.628. The maximum atomic E-state index is 13.4. The van der Waals surface area contributed by atoms with Crippen LogP contribution in [0, 0.1) is 13.8 Å². The molecule has 0 atom stereocenters. The maximum Gasteiger partial charge on any atom is 0.243 e. The third kappa shape index (κ3) is 4.64. The SMILES string of the molecule is Cc1ccc(C)c(S(=O)(=O)N(CCc2ccccc2)Cc2ccn(C)n2)c1. The molecule has 0 saturated carbocycles. The van der Waals surface area contributed by atoms with Gasteiger partial charge in [0.2, 0.25) is 10.0 Å². The smallest absolute Gasteiger partial charge is 0.243 e. The molecule has 6 heteroatoms. The van der Waals surface area contributed by atoms with Gasteiger partial charge in [-0.1, -0.05) is 42.5 Å². The fourth-order valence-corrected chi connectivity index (χ4v) is 4.76. The number of nitrogens with zero attached hydrogens (tertiary/aromatic N) is 3. The molecule has 142 valence electrons. The van der Waals surface area contributed by atoms with Gasteiger partial charge in [-0.2, -0.15) is 9.40 Å². The molecule has 2 aromatic carbocycles. The van der Waals surface area contributed by atoms with E-state index < -0.39 is 10.0 Å². The van der Waals surface area contributed by atoms with Crippen molar-refractivity contribution in [2.75, 3.05) is 6.54 Å². The van der Waals surface area contributed by atoms with E-state index in [0.717, 1.165) is 22.4 Å². The van der Waals surface area contributed by atoms with Crippen molar-refractivity contribution >= 4 is 10.0 Å². The Kier molecular flexibility index (Phi) is 5.77.